The van der Waals surface area contributed by atoms with E-state index in [-0.39, 0.29) is 18.2 Å². The molecule has 6 nitrogen and oxygen atoms in total. The van der Waals surface area contributed by atoms with E-state index in [1.54, 1.807) is 4.68 Å². The van der Waals surface area contributed by atoms with Crippen molar-refractivity contribution in [1.29, 1.82) is 0 Å². The highest BCUT2D eigenvalue weighted by atomic mass is 16.5. The summed E-state index contributed by atoms with van der Waals surface area (Å²) in [6, 6.07) is 11.6. The number of benzene rings is 1. The van der Waals surface area contributed by atoms with Crippen molar-refractivity contribution < 1.29 is 9.53 Å². The van der Waals surface area contributed by atoms with E-state index in [1.165, 1.54) is 0 Å². The molecule has 1 fully saturated rings. The van der Waals surface area contributed by atoms with E-state index in [0.29, 0.717) is 12.4 Å². The van der Waals surface area contributed by atoms with Crippen molar-refractivity contribution in [2.45, 2.75) is 31.9 Å². The van der Waals surface area contributed by atoms with E-state index in [4.69, 9.17) is 4.74 Å². The van der Waals surface area contributed by atoms with Crippen molar-refractivity contribution in [2.75, 3.05) is 11.9 Å². The highest BCUT2D eigenvalue weighted by Crippen LogP contribution is 2.29. The molecule has 2 unspecified atom stereocenters. The maximum absolute atomic E-state index is 12.3. The third-order valence-electron chi connectivity index (χ3n) is 4.07. The first-order valence-corrected chi connectivity index (χ1v) is 7.94. The van der Waals surface area contributed by atoms with Crippen LogP contribution >= 0.6 is 0 Å². The number of rotatable bonds is 4. The maximum Gasteiger partial charge on any atom is 0.320 e. The van der Waals surface area contributed by atoms with Crippen molar-refractivity contribution in [3.63, 3.8) is 0 Å². The Morgan fingerprint density at radius 2 is 2.17 bits per heavy atom. The van der Waals surface area contributed by atoms with E-state index >= 15 is 0 Å². The number of anilines is 1. The predicted octanol–water partition coefficient (Wildman–Crippen LogP) is 2.63. The number of aromatic nitrogens is 2. The van der Waals surface area contributed by atoms with Gasteiger partial charge in [-0.15, -0.1) is 0 Å². The summed E-state index contributed by atoms with van der Waals surface area (Å²) < 4.78 is 7.47. The topological polar surface area (TPSA) is 68.2 Å². The Morgan fingerprint density at radius 1 is 1.39 bits per heavy atom. The molecule has 2 amide bonds. The number of nitrogens with zero attached hydrogens (tertiary/aromatic N) is 2. The highest BCUT2D eigenvalue weighted by molar-refractivity contribution is 5.88. The number of ether oxygens (including phenoxy) is 1. The molecular weight excluding hydrogens is 292 g/mol. The van der Waals surface area contributed by atoms with E-state index in [1.807, 2.05) is 50.4 Å². The Labute approximate surface area is 135 Å². The monoisotopic (exact) mass is 314 g/mol. The fourth-order valence-corrected chi connectivity index (χ4v) is 2.85. The van der Waals surface area contributed by atoms with Crippen molar-refractivity contribution in [1.82, 2.24) is 15.1 Å². The number of carbonyl (C=O) groups excluding carboxylic acids is 1. The van der Waals surface area contributed by atoms with Crippen LogP contribution in [0.2, 0.25) is 0 Å². The summed E-state index contributed by atoms with van der Waals surface area (Å²) in [5.74, 6) is 0.689. The lowest BCUT2D eigenvalue weighted by atomic mass is 10.0. The Bertz CT molecular complexity index is 668. The molecule has 122 valence electrons. The Kier molecular flexibility index (Phi) is 4.62. The molecule has 0 spiro atoms. The number of amides is 2. The van der Waals surface area contributed by atoms with Crippen LogP contribution in [0.1, 0.15) is 30.7 Å². The first-order chi connectivity index (χ1) is 11.2. The van der Waals surface area contributed by atoms with Crippen LogP contribution in [0.4, 0.5) is 10.6 Å². The predicted molar refractivity (Wildman–Crippen MR) is 88.3 cm³/mol. The second-order valence-electron chi connectivity index (χ2n) is 5.69. The number of hydrogen-bond donors (Lipinski definition) is 2. The van der Waals surface area contributed by atoms with Gasteiger partial charge < -0.3 is 10.1 Å². The van der Waals surface area contributed by atoms with Crippen LogP contribution in [-0.4, -0.2) is 28.5 Å². The van der Waals surface area contributed by atoms with Gasteiger partial charge in [0.25, 0.3) is 0 Å². The lowest BCUT2D eigenvalue weighted by molar-refractivity contribution is 0.100. The van der Waals surface area contributed by atoms with Crippen molar-refractivity contribution >= 4 is 11.8 Å². The normalized spacial score (nSPS) is 20.4. The molecule has 2 aromatic rings. The van der Waals surface area contributed by atoms with Gasteiger partial charge in [0, 0.05) is 19.7 Å². The van der Waals surface area contributed by atoms with Crippen LogP contribution < -0.4 is 10.6 Å². The van der Waals surface area contributed by atoms with E-state index in [9.17, 15) is 4.79 Å². The van der Waals surface area contributed by atoms with Crippen LogP contribution in [0.3, 0.4) is 0 Å². The van der Waals surface area contributed by atoms with Gasteiger partial charge in [-0.1, -0.05) is 37.3 Å². The first kappa shape index (κ1) is 15.6. The fraction of sp³-hybridized carbons (Fsp3) is 0.412. The first-order valence-electron chi connectivity index (χ1n) is 7.94. The van der Waals surface area contributed by atoms with Gasteiger partial charge in [-0.2, -0.15) is 5.10 Å². The molecule has 0 radical (unpaired) electrons. The maximum atomic E-state index is 12.3. The standard InChI is InChI=1S/C17H22N4O2/c1-3-13-11-15(21(2)20-13)19-17(22)18-14-9-10-23-16(14)12-7-5-4-6-8-12/h4-8,11,14,16H,3,9-10H2,1-2H3,(H2,18,19,22). The number of urea groups is 1. The van der Waals surface area contributed by atoms with Gasteiger partial charge in [-0.3, -0.25) is 10.00 Å². The molecule has 0 aliphatic carbocycles. The zero-order chi connectivity index (χ0) is 16.2. The molecule has 1 saturated heterocycles. The van der Waals surface area contributed by atoms with E-state index < -0.39 is 0 Å². The molecule has 2 heterocycles. The van der Waals surface area contributed by atoms with Gasteiger partial charge in [-0.25, -0.2) is 4.79 Å². The zero-order valence-electron chi connectivity index (χ0n) is 13.5. The smallest absolute Gasteiger partial charge is 0.320 e. The summed E-state index contributed by atoms with van der Waals surface area (Å²) in [5, 5.41) is 10.2. The summed E-state index contributed by atoms with van der Waals surface area (Å²) >= 11 is 0. The average Bonchev–Trinajstić information content (AvgIpc) is 3.15. The Hall–Kier alpha value is -2.34. The van der Waals surface area contributed by atoms with Crippen LogP contribution in [-0.2, 0) is 18.2 Å². The largest absolute Gasteiger partial charge is 0.371 e. The van der Waals surface area contributed by atoms with Crippen molar-refractivity contribution in [3.8, 4) is 0 Å². The molecule has 2 atom stereocenters. The van der Waals surface area contributed by atoms with Crippen LogP contribution in [0.15, 0.2) is 36.4 Å². The second kappa shape index (κ2) is 6.83. The zero-order valence-corrected chi connectivity index (χ0v) is 13.5. The number of nitrogens with one attached hydrogen (secondary N) is 2. The molecule has 1 aliphatic rings. The number of aryl methyl sites for hydroxylation is 2. The molecular formula is C17H22N4O2. The summed E-state index contributed by atoms with van der Waals surface area (Å²) in [6.45, 7) is 2.68. The molecule has 0 bridgehead atoms. The van der Waals surface area contributed by atoms with Crippen molar-refractivity contribution in [2.24, 2.45) is 7.05 Å². The number of hydrogen-bond acceptors (Lipinski definition) is 3. The quantitative estimate of drug-likeness (QED) is 0.911. The van der Waals surface area contributed by atoms with Gasteiger partial charge in [0.05, 0.1) is 11.7 Å². The summed E-state index contributed by atoms with van der Waals surface area (Å²) in [4.78, 5) is 12.3. The molecule has 3 rings (SSSR count). The molecule has 1 aliphatic heterocycles. The summed E-state index contributed by atoms with van der Waals surface area (Å²) in [7, 11) is 1.82. The highest BCUT2D eigenvalue weighted by Gasteiger charge is 2.30. The van der Waals surface area contributed by atoms with Gasteiger partial charge in [0.1, 0.15) is 11.9 Å². The summed E-state index contributed by atoms with van der Waals surface area (Å²) in [6.07, 6.45) is 1.54. The molecule has 1 aromatic carbocycles. The molecule has 23 heavy (non-hydrogen) atoms. The van der Waals surface area contributed by atoms with E-state index in [0.717, 1.165) is 24.1 Å². The SMILES string of the molecule is CCc1cc(NC(=O)NC2CCOC2c2ccccc2)n(C)n1. The molecule has 2 N–H and O–H groups in total. The van der Waals surface area contributed by atoms with Crippen molar-refractivity contribution in [3.05, 3.63) is 47.7 Å². The van der Waals surface area contributed by atoms with E-state index in [2.05, 4.69) is 15.7 Å². The van der Waals surface area contributed by atoms with Crippen LogP contribution in [0.5, 0.6) is 0 Å². The van der Waals surface area contributed by atoms with Crippen LogP contribution in [0.25, 0.3) is 0 Å². The third kappa shape index (κ3) is 3.53. The Balaban J connectivity index is 1.64. The summed E-state index contributed by atoms with van der Waals surface area (Å²) in [5.41, 5.74) is 2.04. The lowest BCUT2D eigenvalue weighted by Gasteiger charge is -2.20. The second-order valence-corrected chi connectivity index (χ2v) is 5.69. The van der Waals surface area contributed by atoms with Gasteiger partial charge in [-0.05, 0) is 18.4 Å². The third-order valence-corrected chi connectivity index (χ3v) is 4.07. The van der Waals surface area contributed by atoms with Gasteiger partial charge >= 0.3 is 6.03 Å². The molecule has 1 aromatic heterocycles. The minimum Gasteiger partial charge on any atom is -0.371 e. The Morgan fingerprint density at radius 3 is 2.87 bits per heavy atom. The minimum absolute atomic E-state index is 0.0312. The number of carbonyl (C=O) groups is 1. The minimum atomic E-state index is -0.230. The fourth-order valence-electron chi connectivity index (χ4n) is 2.85. The molecule has 6 heteroatoms. The van der Waals surface area contributed by atoms with Crippen LogP contribution in [0, 0.1) is 0 Å². The van der Waals surface area contributed by atoms with Gasteiger partial charge in [0.2, 0.25) is 0 Å². The average molecular weight is 314 g/mol. The molecule has 0 saturated carbocycles. The van der Waals surface area contributed by atoms with Gasteiger partial charge in [0.15, 0.2) is 0 Å². The lowest BCUT2D eigenvalue weighted by Crippen LogP contribution is -2.39.